The molecule has 7 nitrogen and oxygen atoms in total. The summed E-state index contributed by atoms with van der Waals surface area (Å²) in [5.41, 5.74) is 2.90. The van der Waals surface area contributed by atoms with E-state index in [4.69, 9.17) is 0 Å². The number of anilines is 4. The molecule has 2 aromatic rings. The summed E-state index contributed by atoms with van der Waals surface area (Å²) < 4.78 is 2.48. The highest BCUT2D eigenvalue weighted by Gasteiger charge is 2.37. The second-order valence-electron chi connectivity index (χ2n) is 7.12. The third kappa shape index (κ3) is 2.30. The van der Waals surface area contributed by atoms with Crippen molar-refractivity contribution in [3.05, 3.63) is 44.1 Å². The molecule has 0 saturated heterocycles. The van der Waals surface area contributed by atoms with E-state index in [0.29, 0.717) is 11.5 Å². The van der Waals surface area contributed by atoms with Crippen molar-refractivity contribution in [2.45, 2.75) is 40.7 Å². The standard InChI is InChI=1S/C19H24N4O3/c1-10(2)22-14-8-11(3)12(4)9-15(14)23(13(5)24)16-17(22)20(6)19(26)21(7)18(16)25/h8-10H,1-7H3. The molecule has 0 unspecified atom stereocenters. The van der Waals surface area contributed by atoms with Crippen molar-refractivity contribution in [2.75, 3.05) is 9.80 Å². The van der Waals surface area contributed by atoms with Gasteiger partial charge in [-0.15, -0.1) is 0 Å². The number of carbonyl (C=O) groups excluding carboxylic acids is 1. The first-order valence-electron chi connectivity index (χ1n) is 8.59. The second kappa shape index (κ2) is 5.86. The van der Waals surface area contributed by atoms with Crippen molar-refractivity contribution < 1.29 is 4.79 Å². The maximum absolute atomic E-state index is 13.0. The van der Waals surface area contributed by atoms with Crippen molar-refractivity contribution in [3.63, 3.8) is 0 Å². The Morgan fingerprint density at radius 1 is 0.962 bits per heavy atom. The van der Waals surface area contributed by atoms with E-state index < -0.39 is 11.2 Å². The van der Waals surface area contributed by atoms with E-state index in [1.165, 1.54) is 23.4 Å². The summed E-state index contributed by atoms with van der Waals surface area (Å²) >= 11 is 0. The van der Waals surface area contributed by atoms with Crippen LogP contribution in [0.3, 0.4) is 0 Å². The quantitative estimate of drug-likeness (QED) is 0.786. The summed E-state index contributed by atoms with van der Waals surface area (Å²) in [7, 11) is 3.05. The summed E-state index contributed by atoms with van der Waals surface area (Å²) in [5, 5.41) is 0. The number of benzene rings is 1. The van der Waals surface area contributed by atoms with Crippen LogP contribution in [0.5, 0.6) is 0 Å². The molecule has 7 heteroatoms. The molecule has 1 aliphatic rings. The van der Waals surface area contributed by atoms with Crippen LogP contribution in [0.15, 0.2) is 21.7 Å². The monoisotopic (exact) mass is 356 g/mol. The van der Waals surface area contributed by atoms with Gasteiger partial charge in [0.15, 0.2) is 5.69 Å². The Balaban J connectivity index is 2.56. The summed E-state index contributed by atoms with van der Waals surface area (Å²) in [5.74, 6) is 0.175. The molecule has 0 N–H and O–H groups in total. The van der Waals surface area contributed by atoms with Gasteiger partial charge in [-0.1, -0.05) is 0 Å². The van der Waals surface area contributed by atoms with Crippen molar-refractivity contribution in [3.8, 4) is 0 Å². The van der Waals surface area contributed by atoms with Crippen LogP contribution in [0.1, 0.15) is 31.9 Å². The fourth-order valence-corrected chi connectivity index (χ4v) is 3.53. The van der Waals surface area contributed by atoms with Crippen molar-refractivity contribution in [2.24, 2.45) is 14.1 Å². The molecule has 1 amide bonds. The lowest BCUT2D eigenvalue weighted by Gasteiger charge is -2.41. The van der Waals surface area contributed by atoms with Gasteiger partial charge in [0.25, 0.3) is 5.56 Å². The first-order valence-corrected chi connectivity index (χ1v) is 8.59. The highest BCUT2D eigenvalue weighted by molar-refractivity contribution is 6.08. The SMILES string of the molecule is CC(=O)N1c2cc(C)c(C)cc2N(C(C)C)c2c1c(=O)n(C)c(=O)n2C. The van der Waals surface area contributed by atoms with Crippen LogP contribution in [-0.2, 0) is 18.9 Å². The first kappa shape index (κ1) is 18.0. The molecule has 0 saturated carbocycles. The minimum absolute atomic E-state index is 0.0126. The third-order valence-electron chi connectivity index (χ3n) is 4.98. The van der Waals surface area contributed by atoms with E-state index in [1.54, 1.807) is 7.05 Å². The van der Waals surface area contributed by atoms with Crippen molar-refractivity contribution in [1.82, 2.24) is 9.13 Å². The Kier molecular flexibility index (Phi) is 4.05. The summed E-state index contributed by atoms with van der Waals surface area (Å²) in [6, 6.07) is 3.92. The van der Waals surface area contributed by atoms with E-state index in [0.717, 1.165) is 21.4 Å². The van der Waals surface area contributed by atoms with Gasteiger partial charge in [-0.05, 0) is 51.0 Å². The fourth-order valence-electron chi connectivity index (χ4n) is 3.53. The number of nitrogens with zero attached hydrogens (tertiary/aromatic N) is 4. The van der Waals surface area contributed by atoms with Crippen LogP contribution in [0, 0.1) is 13.8 Å². The molecule has 0 radical (unpaired) electrons. The van der Waals surface area contributed by atoms with Crippen LogP contribution in [0.2, 0.25) is 0 Å². The van der Waals surface area contributed by atoms with Gasteiger partial charge in [0.2, 0.25) is 5.91 Å². The van der Waals surface area contributed by atoms with Gasteiger partial charge in [-0.2, -0.15) is 0 Å². The average molecular weight is 356 g/mol. The molecule has 26 heavy (non-hydrogen) atoms. The number of fused-ring (bicyclic) bond motifs is 2. The van der Waals surface area contributed by atoms with Gasteiger partial charge in [0.05, 0.1) is 11.4 Å². The van der Waals surface area contributed by atoms with Crippen molar-refractivity contribution >= 4 is 28.8 Å². The maximum atomic E-state index is 13.0. The Bertz CT molecular complexity index is 1050. The van der Waals surface area contributed by atoms with E-state index in [1.807, 2.05) is 44.7 Å². The second-order valence-corrected chi connectivity index (χ2v) is 7.12. The predicted octanol–water partition coefficient (Wildman–Crippen LogP) is 2.25. The minimum Gasteiger partial charge on any atom is -0.321 e. The van der Waals surface area contributed by atoms with Crippen molar-refractivity contribution in [1.29, 1.82) is 0 Å². The van der Waals surface area contributed by atoms with E-state index in [9.17, 15) is 14.4 Å². The Morgan fingerprint density at radius 2 is 1.50 bits per heavy atom. The minimum atomic E-state index is -0.479. The van der Waals surface area contributed by atoms with E-state index in [2.05, 4.69) is 0 Å². The van der Waals surface area contributed by atoms with Gasteiger partial charge >= 0.3 is 5.69 Å². The van der Waals surface area contributed by atoms with Crippen LogP contribution >= 0.6 is 0 Å². The molecule has 3 rings (SSSR count). The largest absolute Gasteiger partial charge is 0.332 e. The molecule has 0 spiro atoms. The highest BCUT2D eigenvalue weighted by atomic mass is 16.2. The average Bonchev–Trinajstić information content (AvgIpc) is 2.56. The highest BCUT2D eigenvalue weighted by Crippen LogP contribution is 2.47. The number of aromatic nitrogens is 2. The molecule has 0 fully saturated rings. The molecule has 0 atom stereocenters. The van der Waals surface area contributed by atoms with Crippen LogP contribution < -0.4 is 21.0 Å². The summed E-state index contributed by atoms with van der Waals surface area (Å²) in [6.07, 6.45) is 0. The number of carbonyl (C=O) groups is 1. The number of rotatable bonds is 1. The molecule has 1 aromatic heterocycles. The molecular formula is C19H24N4O3. The Labute approximate surface area is 152 Å². The molecule has 0 aliphatic carbocycles. The maximum Gasteiger partial charge on any atom is 0.332 e. The smallest absolute Gasteiger partial charge is 0.321 e. The lowest BCUT2D eigenvalue weighted by molar-refractivity contribution is -0.115. The molecule has 0 bridgehead atoms. The number of amides is 1. The van der Waals surface area contributed by atoms with Gasteiger partial charge in [0, 0.05) is 27.1 Å². The van der Waals surface area contributed by atoms with Gasteiger partial charge in [0.1, 0.15) is 5.82 Å². The molecule has 1 aliphatic heterocycles. The summed E-state index contributed by atoms with van der Waals surface area (Å²) in [4.78, 5) is 41.4. The molecular weight excluding hydrogens is 332 g/mol. The van der Waals surface area contributed by atoms with Gasteiger partial charge in [-0.3, -0.25) is 23.6 Å². The zero-order valence-electron chi connectivity index (χ0n) is 16.2. The lowest BCUT2D eigenvalue weighted by atomic mass is 10.0. The first-order chi connectivity index (χ1) is 12.1. The normalized spacial score (nSPS) is 13.1. The lowest BCUT2D eigenvalue weighted by Crippen LogP contribution is -2.47. The Morgan fingerprint density at radius 3 is 2.00 bits per heavy atom. The van der Waals surface area contributed by atoms with E-state index in [-0.39, 0.29) is 17.6 Å². The van der Waals surface area contributed by atoms with Crippen LogP contribution in [0.4, 0.5) is 22.9 Å². The predicted molar refractivity (Wildman–Crippen MR) is 103 cm³/mol. The van der Waals surface area contributed by atoms with E-state index >= 15 is 0 Å². The topological polar surface area (TPSA) is 67.6 Å². The fraction of sp³-hybridized carbons (Fsp3) is 0.421. The van der Waals surface area contributed by atoms with Gasteiger partial charge in [-0.25, -0.2) is 4.79 Å². The molecule has 1 aromatic carbocycles. The number of aryl methyl sites for hydroxylation is 2. The summed E-state index contributed by atoms with van der Waals surface area (Å²) in [6.45, 7) is 9.40. The van der Waals surface area contributed by atoms with Crippen LogP contribution in [-0.4, -0.2) is 21.1 Å². The number of hydrogen-bond donors (Lipinski definition) is 0. The third-order valence-corrected chi connectivity index (χ3v) is 4.98. The zero-order valence-corrected chi connectivity index (χ0v) is 16.2. The molecule has 138 valence electrons. The number of hydrogen-bond acceptors (Lipinski definition) is 4. The molecule has 2 heterocycles. The van der Waals surface area contributed by atoms with Gasteiger partial charge < -0.3 is 4.90 Å². The zero-order chi connectivity index (χ0) is 19.5. The van der Waals surface area contributed by atoms with Crippen LogP contribution in [0.25, 0.3) is 0 Å². The Hall–Kier alpha value is -2.83.